The lowest BCUT2D eigenvalue weighted by molar-refractivity contribution is -0.137. The lowest BCUT2D eigenvalue weighted by atomic mass is 9.94. The molecule has 0 saturated heterocycles. The molecule has 1 saturated carbocycles. The number of alkyl halides is 3. The monoisotopic (exact) mass is 500 g/mol. The summed E-state index contributed by atoms with van der Waals surface area (Å²) in [7, 11) is 0. The lowest BCUT2D eigenvalue weighted by Crippen LogP contribution is -2.30. The van der Waals surface area contributed by atoms with Gasteiger partial charge in [0.05, 0.1) is 18.2 Å². The molecule has 1 aliphatic rings. The first kappa shape index (κ1) is 25.2. The molecule has 1 fully saturated rings. The molecule has 3 aromatic rings. The van der Waals surface area contributed by atoms with Gasteiger partial charge in [-0.3, -0.25) is 4.79 Å². The van der Waals surface area contributed by atoms with Crippen LogP contribution in [0.5, 0.6) is 0 Å². The second-order valence-electron chi connectivity index (χ2n) is 8.79. The molecule has 1 N–H and O–H groups in total. The Morgan fingerprint density at radius 2 is 1.86 bits per heavy atom. The van der Waals surface area contributed by atoms with Crippen LogP contribution in [-0.2, 0) is 12.7 Å². The van der Waals surface area contributed by atoms with Gasteiger partial charge < -0.3 is 5.32 Å². The van der Waals surface area contributed by atoms with Gasteiger partial charge >= 0.3 is 6.18 Å². The summed E-state index contributed by atoms with van der Waals surface area (Å²) in [5.41, 5.74) is 8.75. The van der Waals surface area contributed by atoms with Crippen LogP contribution < -0.4 is 5.32 Å². The summed E-state index contributed by atoms with van der Waals surface area (Å²) in [6.07, 6.45) is -3.10. The molecule has 0 heterocycles. The standard InChI is InChI=1S/C26H21F5N4O/c1-14-8-17(4-7-23(14)28)24(16-2-3-16)34-25(36)19-10-15(13-33-35-32)9-18(11-19)21-6-5-20(27)12-22(21)26(29,30)31/h4-12,16,24H,2-3,13H2,1H3,(H,34,36)/t24-/m0/s1. The molecular weight excluding hydrogens is 479 g/mol. The number of amides is 1. The molecule has 4 rings (SSSR count). The molecule has 1 aliphatic carbocycles. The number of halogens is 5. The molecule has 10 heteroatoms. The van der Waals surface area contributed by atoms with E-state index in [0.29, 0.717) is 17.2 Å². The zero-order valence-electron chi connectivity index (χ0n) is 19.1. The zero-order valence-corrected chi connectivity index (χ0v) is 19.1. The summed E-state index contributed by atoms with van der Waals surface area (Å²) in [6, 6.07) is 10.6. The Hall–Kier alpha value is -3.91. The number of hydrogen-bond donors (Lipinski definition) is 1. The number of rotatable bonds is 7. The Bertz CT molecular complexity index is 1360. The van der Waals surface area contributed by atoms with Crippen molar-refractivity contribution in [2.24, 2.45) is 11.0 Å². The van der Waals surface area contributed by atoms with Gasteiger partial charge in [-0.25, -0.2) is 8.78 Å². The summed E-state index contributed by atoms with van der Waals surface area (Å²) in [4.78, 5) is 16.0. The number of azide groups is 1. The normalized spacial score (nSPS) is 14.2. The van der Waals surface area contributed by atoms with Crippen molar-refractivity contribution in [1.29, 1.82) is 0 Å². The van der Waals surface area contributed by atoms with E-state index in [-0.39, 0.29) is 35.0 Å². The predicted octanol–water partition coefficient (Wildman–Crippen LogP) is 7.65. The van der Waals surface area contributed by atoms with Crippen LogP contribution >= 0.6 is 0 Å². The Balaban J connectivity index is 1.74. The second-order valence-corrected chi connectivity index (χ2v) is 8.79. The van der Waals surface area contributed by atoms with E-state index in [2.05, 4.69) is 15.3 Å². The zero-order chi connectivity index (χ0) is 26.0. The second kappa shape index (κ2) is 9.99. The van der Waals surface area contributed by atoms with Gasteiger partial charge in [-0.2, -0.15) is 13.2 Å². The number of benzene rings is 3. The number of carbonyl (C=O) groups is 1. The minimum Gasteiger partial charge on any atom is -0.345 e. The van der Waals surface area contributed by atoms with Crippen molar-refractivity contribution in [3.63, 3.8) is 0 Å². The van der Waals surface area contributed by atoms with Crippen LogP contribution in [0.1, 0.15) is 51.5 Å². The predicted molar refractivity (Wildman–Crippen MR) is 124 cm³/mol. The average Bonchev–Trinajstić information content (AvgIpc) is 3.67. The van der Waals surface area contributed by atoms with E-state index in [4.69, 9.17) is 5.53 Å². The molecule has 0 aromatic heterocycles. The number of nitrogens with one attached hydrogen (secondary N) is 1. The SMILES string of the molecule is Cc1cc([C@@H](NC(=O)c2cc(CN=[N+]=[N-])cc(-c3ccc(F)cc3C(F)(F)F)c2)C2CC2)ccc1F. The van der Waals surface area contributed by atoms with Crippen LogP contribution in [0.25, 0.3) is 21.6 Å². The highest BCUT2D eigenvalue weighted by molar-refractivity contribution is 5.96. The molecule has 5 nitrogen and oxygen atoms in total. The quantitative estimate of drug-likeness (QED) is 0.154. The van der Waals surface area contributed by atoms with Crippen LogP contribution in [-0.4, -0.2) is 5.91 Å². The molecule has 1 amide bonds. The van der Waals surface area contributed by atoms with Crippen molar-refractivity contribution in [3.8, 4) is 11.1 Å². The maximum atomic E-state index is 13.8. The van der Waals surface area contributed by atoms with Crippen molar-refractivity contribution < 1.29 is 26.7 Å². The van der Waals surface area contributed by atoms with Gasteiger partial charge in [0.2, 0.25) is 0 Å². The molecule has 36 heavy (non-hydrogen) atoms. The van der Waals surface area contributed by atoms with Crippen LogP contribution in [0.3, 0.4) is 0 Å². The smallest absolute Gasteiger partial charge is 0.345 e. The minimum atomic E-state index is -4.84. The van der Waals surface area contributed by atoms with E-state index >= 15 is 0 Å². The first-order valence-corrected chi connectivity index (χ1v) is 11.2. The van der Waals surface area contributed by atoms with Crippen LogP contribution in [0.15, 0.2) is 59.7 Å². The van der Waals surface area contributed by atoms with E-state index in [1.54, 1.807) is 19.1 Å². The molecule has 186 valence electrons. The average molecular weight is 500 g/mol. The van der Waals surface area contributed by atoms with E-state index in [1.165, 1.54) is 24.3 Å². The van der Waals surface area contributed by atoms with E-state index < -0.39 is 29.5 Å². The molecule has 0 radical (unpaired) electrons. The lowest BCUT2D eigenvalue weighted by Gasteiger charge is -2.20. The Labute approximate surface area is 203 Å². The Morgan fingerprint density at radius 3 is 2.50 bits per heavy atom. The topological polar surface area (TPSA) is 77.9 Å². The maximum Gasteiger partial charge on any atom is 0.417 e. The third-order valence-electron chi connectivity index (χ3n) is 6.09. The Kier molecular flexibility index (Phi) is 6.99. The molecule has 0 unspecified atom stereocenters. The first-order valence-electron chi connectivity index (χ1n) is 11.2. The van der Waals surface area contributed by atoms with Crippen molar-refractivity contribution in [2.75, 3.05) is 0 Å². The largest absolute Gasteiger partial charge is 0.417 e. The van der Waals surface area contributed by atoms with Gasteiger partial charge in [0.25, 0.3) is 5.91 Å². The molecular formula is C26H21F5N4O. The van der Waals surface area contributed by atoms with Gasteiger partial charge in [0.15, 0.2) is 0 Å². The number of carbonyl (C=O) groups excluding carboxylic acids is 1. The first-order chi connectivity index (χ1) is 17.1. The highest BCUT2D eigenvalue weighted by Crippen LogP contribution is 2.42. The fourth-order valence-corrected chi connectivity index (χ4v) is 4.17. The molecule has 1 atom stereocenters. The van der Waals surface area contributed by atoms with Crippen molar-refractivity contribution >= 4 is 5.91 Å². The summed E-state index contributed by atoms with van der Waals surface area (Å²) in [5, 5.41) is 6.39. The Morgan fingerprint density at radius 1 is 1.11 bits per heavy atom. The maximum absolute atomic E-state index is 13.8. The third-order valence-corrected chi connectivity index (χ3v) is 6.09. The van der Waals surface area contributed by atoms with E-state index in [9.17, 15) is 26.7 Å². The highest BCUT2D eigenvalue weighted by atomic mass is 19.4. The van der Waals surface area contributed by atoms with Crippen LogP contribution in [0.4, 0.5) is 22.0 Å². The summed E-state index contributed by atoms with van der Waals surface area (Å²) in [5.74, 6) is -1.81. The van der Waals surface area contributed by atoms with E-state index in [1.807, 2.05) is 0 Å². The van der Waals surface area contributed by atoms with Crippen LogP contribution in [0, 0.1) is 24.5 Å². The van der Waals surface area contributed by atoms with Gasteiger partial charge in [-0.15, -0.1) is 0 Å². The summed E-state index contributed by atoms with van der Waals surface area (Å²) >= 11 is 0. The van der Waals surface area contributed by atoms with E-state index in [0.717, 1.165) is 30.5 Å². The molecule has 3 aromatic carbocycles. The fraction of sp³-hybridized carbons (Fsp3) is 0.269. The summed E-state index contributed by atoms with van der Waals surface area (Å²) in [6.45, 7) is 1.42. The van der Waals surface area contributed by atoms with Gasteiger partial charge in [0.1, 0.15) is 11.6 Å². The molecule has 0 bridgehead atoms. The molecule has 0 aliphatic heterocycles. The van der Waals surface area contributed by atoms with Crippen molar-refractivity contribution in [3.05, 3.63) is 104 Å². The minimum absolute atomic E-state index is 0.0266. The third kappa shape index (κ3) is 5.66. The van der Waals surface area contributed by atoms with Crippen molar-refractivity contribution in [2.45, 2.75) is 38.5 Å². The van der Waals surface area contributed by atoms with Gasteiger partial charge in [0, 0.05) is 10.5 Å². The number of aryl methyl sites for hydroxylation is 1. The summed E-state index contributed by atoms with van der Waals surface area (Å²) < 4.78 is 68.4. The van der Waals surface area contributed by atoms with Gasteiger partial charge in [-0.05, 0) is 89.4 Å². The highest BCUT2D eigenvalue weighted by Gasteiger charge is 2.35. The molecule has 0 spiro atoms. The van der Waals surface area contributed by atoms with Crippen molar-refractivity contribution in [1.82, 2.24) is 5.32 Å². The van der Waals surface area contributed by atoms with Gasteiger partial charge in [-0.1, -0.05) is 29.4 Å². The van der Waals surface area contributed by atoms with Crippen LogP contribution in [0.2, 0.25) is 0 Å². The number of nitrogens with zero attached hydrogens (tertiary/aromatic N) is 3. The fourth-order valence-electron chi connectivity index (χ4n) is 4.17. The number of hydrogen-bond acceptors (Lipinski definition) is 2.